The number of aliphatic hydroxyl groups excluding tert-OH is 1. The fourth-order valence-corrected chi connectivity index (χ4v) is 2.33. The van der Waals surface area contributed by atoms with Crippen LogP contribution in [0, 0.1) is 5.92 Å². The smallest absolute Gasteiger partial charge is 0.239 e. The van der Waals surface area contributed by atoms with E-state index in [1.54, 1.807) is 0 Å². The van der Waals surface area contributed by atoms with E-state index in [2.05, 4.69) is 5.32 Å². The minimum atomic E-state index is 0.0344. The molecule has 2 saturated heterocycles. The molecular formula is C11H20N2O2. The van der Waals surface area contributed by atoms with Crippen LogP contribution in [0.5, 0.6) is 0 Å². The van der Waals surface area contributed by atoms with E-state index in [4.69, 9.17) is 5.11 Å². The SMILES string of the molecule is O=C(C1CCCCCN1)N1CC(CO)C1. The normalized spacial score (nSPS) is 28.3. The van der Waals surface area contributed by atoms with E-state index in [-0.39, 0.29) is 18.6 Å². The number of hydrogen-bond acceptors (Lipinski definition) is 3. The Balaban J connectivity index is 1.80. The average Bonchev–Trinajstić information content (AvgIpc) is 2.43. The van der Waals surface area contributed by atoms with Gasteiger partial charge in [-0.2, -0.15) is 0 Å². The van der Waals surface area contributed by atoms with E-state index in [1.165, 1.54) is 12.8 Å². The number of rotatable bonds is 2. The molecule has 0 aliphatic carbocycles. The van der Waals surface area contributed by atoms with Crippen molar-refractivity contribution in [3.05, 3.63) is 0 Å². The van der Waals surface area contributed by atoms with Crippen LogP contribution in [0.3, 0.4) is 0 Å². The first-order chi connectivity index (χ1) is 7.31. The quantitative estimate of drug-likeness (QED) is 0.676. The number of hydrogen-bond donors (Lipinski definition) is 2. The van der Waals surface area contributed by atoms with Crippen LogP contribution in [0.2, 0.25) is 0 Å². The molecule has 0 aromatic heterocycles. The van der Waals surface area contributed by atoms with Crippen molar-refractivity contribution in [2.75, 3.05) is 26.2 Å². The summed E-state index contributed by atoms with van der Waals surface area (Å²) < 4.78 is 0. The van der Waals surface area contributed by atoms with Gasteiger partial charge in [-0.3, -0.25) is 4.79 Å². The Morgan fingerprint density at radius 1 is 1.33 bits per heavy atom. The average molecular weight is 212 g/mol. The predicted octanol–water partition coefficient (Wildman–Crippen LogP) is -0.0307. The Hall–Kier alpha value is -0.610. The summed E-state index contributed by atoms with van der Waals surface area (Å²) in [7, 11) is 0. The largest absolute Gasteiger partial charge is 0.396 e. The Kier molecular flexibility index (Phi) is 3.59. The summed E-state index contributed by atoms with van der Waals surface area (Å²) in [6, 6.07) is 0.0344. The van der Waals surface area contributed by atoms with Crippen molar-refractivity contribution in [3.8, 4) is 0 Å². The molecule has 86 valence electrons. The van der Waals surface area contributed by atoms with Crippen LogP contribution in [-0.2, 0) is 4.79 Å². The number of carbonyl (C=O) groups is 1. The second-order valence-electron chi connectivity index (χ2n) is 4.65. The van der Waals surface area contributed by atoms with Gasteiger partial charge in [0.2, 0.25) is 5.91 Å². The minimum absolute atomic E-state index is 0.0344. The van der Waals surface area contributed by atoms with E-state index in [1.807, 2.05) is 4.90 Å². The van der Waals surface area contributed by atoms with Gasteiger partial charge in [0.25, 0.3) is 0 Å². The predicted molar refractivity (Wildman–Crippen MR) is 57.4 cm³/mol. The molecule has 1 amide bonds. The van der Waals surface area contributed by atoms with Crippen LogP contribution in [0.25, 0.3) is 0 Å². The van der Waals surface area contributed by atoms with Crippen LogP contribution in [0.1, 0.15) is 25.7 Å². The molecule has 1 unspecified atom stereocenters. The molecule has 2 rings (SSSR count). The van der Waals surface area contributed by atoms with E-state index >= 15 is 0 Å². The first-order valence-corrected chi connectivity index (χ1v) is 5.94. The molecule has 1 atom stereocenters. The Morgan fingerprint density at radius 3 is 2.87 bits per heavy atom. The highest BCUT2D eigenvalue weighted by Gasteiger charge is 2.33. The van der Waals surface area contributed by atoms with E-state index in [0.717, 1.165) is 32.5 Å². The molecule has 0 aromatic carbocycles. The lowest BCUT2D eigenvalue weighted by Crippen LogP contribution is -2.56. The van der Waals surface area contributed by atoms with Gasteiger partial charge in [-0.1, -0.05) is 12.8 Å². The Labute approximate surface area is 90.6 Å². The first-order valence-electron chi connectivity index (χ1n) is 5.94. The van der Waals surface area contributed by atoms with Crippen molar-refractivity contribution in [3.63, 3.8) is 0 Å². The highest BCUT2D eigenvalue weighted by atomic mass is 16.3. The van der Waals surface area contributed by atoms with Gasteiger partial charge in [0.1, 0.15) is 0 Å². The monoisotopic (exact) mass is 212 g/mol. The summed E-state index contributed by atoms with van der Waals surface area (Å²) in [5, 5.41) is 12.2. The summed E-state index contributed by atoms with van der Waals surface area (Å²) >= 11 is 0. The number of aliphatic hydroxyl groups is 1. The maximum absolute atomic E-state index is 12.0. The Morgan fingerprint density at radius 2 is 2.13 bits per heavy atom. The number of amides is 1. The van der Waals surface area contributed by atoms with Crippen LogP contribution in [0.15, 0.2) is 0 Å². The van der Waals surface area contributed by atoms with E-state index in [9.17, 15) is 4.79 Å². The fourth-order valence-electron chi connectivity index (χ4n) is 2.33. The molecule has 0 saturated carbocycles. The number of nitrogens with zero attached hydrogens (tertiary/aromatic N) is 1. The molecule has 2 aliphatic heterocycles. The molecule has 2 fully saturated rings. The topological polar surface area (TPSA) is 52.6 Å². The van der Waals surface area contributed by atoms with Crippen molar-refractivity contribution in [1.29, 1.82) is 0 Å². The van der Waals surface area contributed by atoms with Crippen molar-refractivity contribution < 1.29 is 9.90 Å². The Bertz CT molecular complexity index is 219. The molecule has 2 aliphatic rings. The zero-order valence-corrected chi connectivity index (χ0v) is 9.11. The van der Waals surface area contributed by atoms with Crippen LogP contribution < -0.4 is 5.32 Å². The van der Waals surface area contributed by atoms with E-state index < -0.39 is 0 Å². The zero-order valence-electron chi connectivity index (χ0n) is 9.11. The number of carbonyl (C=O) groups excluding carboxylic acids is 1. The zero-order chi connectivity index (χ0) is 10.7. The van der Waals surface area contributed by atoms with Gasteiger partial charge in [-0.05, 0) is 19.4 Å². The van der Waals surface area contributed by atoms with Gasteiger partial charge >= 0.3 is 0 Å². The van der Waals surface area contributed by atoms with Gasteiger partial charge < -0.3 is 15.3 Å². The maximum atomic E-state index is 12.0. The number of likely N-dealkylation sites (tertiary alicyclic amines) is 1. The molecule has 0 bridgehead atoms. The fraction of sp³-hybridized carbons (Fsp3) is 0.909. The summed E-state index contributed by atoms with van der Waals surface area (Å²) in [6.07, 6.45) is 4.54. The van der Waals surface area contributed by atoms with Crippen molar-refractivity contribution >= 4 is 5.91 Å². The summed E-state index contributed by atoms with van der Waals surface area (Å²) in [5.74, 6) is 0.557. The lowest BCUT2D eigenvalue weighted by molar-refractivity contribution is -0.140. The summed E-state index contributed by atoms with van der Waals surface area (Å²) in [6.45, 7) is 2.66. The molecule has 2 N–H and O–H groups in total. The van der Waals surface area contributed by atoms with Crippen molar-refractivity contribution in [2.24, 2.45) is 5.92 Å². The third-order valence-electron chi connectivity index (χ3n) is 3.39. The highest BCUT2D eigenvalue weighted by Crippen LogP contribution is 2.18. The minimum Gasteiger partial charge on any atom is -0.396 e. The van der Waals surface area contributed by atoms with Crippen molar-refractivity contribution in [2.45, 2.75) is 31.7 Å². The summed E-state index contributed by atoms with van der Waals surface area (Å²) in [4.78, 5) is 13.8. The van der Waals surface area contributed by atoms with Gasteiger partial charge in [-0.25, -0.2) is 0 Å². The third kappa shape index (κ3) is 2.49. The molecule has 4 heteroatoms. The number of nitrogens with one attached hydrogen (secondary N) is 1. The maximum Gasteiger partial charge on any atom is 0.239 e. The molecule has 0 radical (unpaired) electrons. The standard InChI is InChI=1S/C11H20N2O2/c14-8-9-6-13(7-9)11(15)10-4-2-1-3-5-12-10/h9-10,12,14H,1-8H2. The van der Waals surface area contributed by atoms with E-state index in [0.29, 0.717) is 5.92 Å². The lowest BCUT2D eigenvalue weighted by atomic mass is 9.99. The second-order valence-corrected chi connectivity index (χ2v) is 4.65. The molecule has 0 aromatic rings. The van der Waals surface area contributed by atoms with Crippen LogP contribution in [-0.4, -0.2) is 48.2 Å². The van der Waals surface area contributed by atoms with Gasteiger partial charge in [0.15, 0.2) is 0 Å². The molecule has 0 spiro atoms. The summed E-state index contributed by atoms with van der Waals surface area (Å²) in [5.41, 5.74) is 0. The van der Waals surface area contributed by atoms with Crippen molar-refractivity contribution in [1.82, 2.24) is 10.2 Å². The second kappa shape index (κ2) is 4.94. The molecular weight excluding hydrogens is 192 g/mol. The van der Waals surface area contributed by atoms with Gasteiger partial charge in [0.05, 0.1) is 6.04 Å². The first kappa shape index (κ1) is 10.9. The highest BCUT2D eigenvalue weighted by molar-refractivity contribution is 5.82. The van der Waals surface area contributed by atoms with Gasteiger partial charge in [0, 0.05) is 25.6 Å². The molecule has 15 heavy (non-hydrogen) atoms. The molecule has 2 heterocycles. The van der Waals surface area contributed by atoms with Gasteiger partial charge in [-0.15, -0.1) is 0 Å². The van der Waals surface area contributed by atoms with Crippen LogP contribution >= 0.6 is 0 Å². The van der Waals surface area contributed by atoms with Crippen LogP contribution in [0.4, 0.5) is 0 Å². The third-order valence-corrected chi connectivity index (χ3v) is 3.39. The molecule has 4 nitrogen and oxygen atoms in total. The lowest BCUT2D eigenvalue weighted by Gasteiger charge is -2.40.